The van der Waals surface area contributed by atoms with Crippen molar-refractivity contribution in [3.63, 3.8) is 0 Å². The van der Waals surface area contributed by atoms with Crippen LogP contribution in [-0.4, -0.2) is 39.5 Å². The summed E-state index contributed by atoms with van der Waals surface area (Å²) in [5.74, 6) is 0.266. The van der Waals surface area contributed by atoms with Crippen LogP contribution in [0.15, 0.2) is 42.5 Å². The van der Waals surface area contributed by atoms with E-state index < -0.39 is 0 Å². The molecule has 0 radical (unpaired) electrons. The minimum absolute atomic E-state index is 0.137. The number of hydrogen-bond donors (Lipinski definition) is 1. The van der Waals surface area contributed by atoms with Gasteiger partial charge < -0.3 is 14.8 Å². The van der Waals surface area contributed by atoms with Gasteiger partial charge in [0.15, 0.2) is 0 Å². The molecule has 5 heteroatoms. The van der Waals surface area contributed by atoms with Crippen molar-refractivity contribution in [1.29, 1.82) is 0 Å². The highest BCUT2D eigenvalue weighted by atomic mass is 35.5. The summed E-state index contributed by atoms with van der Waals surface area (Å²) in [6.07, 6.45) is 3.29. The molecule has 0 aliphatic carbocycles. The number of rotatable bonds is 8. The third-order valence-corrected chi connectivity index (χ3v) is 5.63. The summed E-state index contributed by atoms with van der Waals surface area (Å²) >= 11 is 12.9. The van der Waals surface area contributed by atoms with Crippen molar-refractivity contribution in [3.05, 3.63) is 58.1 Å². The number of methoxy groups -OCH3 is 1. The van der Waals surface area contributed by atoms with Crippen LogP contribution >= 0.6 is 23.2 Å². The van der Waals surface area contributed by atoms with Gasteiger partial charge in [0.2, 0.25) is 0 Å². The summed E-state index contributed by atoms with van der Waals surface area (Å²) in [6.45, 7) is 3.29. The van der Waals surface area contributed by atoms with Crippen LogP contribution in [-0.2, 0) is 9.47 Å². The van der Waals surface area contributed by atoms with Gasteiger partial charge in [0.05, 0.1) is 12.7 Å². The predicted octanol–water partition coefficient (Wildman–Crippen LogP) is 5.55. The second-order valence-electron chi connectivity index (χ2n) is 6.92. The van der Waals surface area contributed by atoms with Gasteiger partial charge in [0.1, 0.15) is 0 Å². The zero-order valence-electron chi connectivity index (χ0n) is 15.7. The van der Waals surface area contributed by atoms with Crippen LogP contribution in [0.2, 0.25) is 10.0 Å². The normalized spacial score (nSPS) is 18.4. The van der Waals surface area contributed by atoms with E-state index in [0.717, 1.165) is 61.7 Å². The van der Waals surface area contributed by atoms with E-state index >= 15 is 0 Å². The Morgan fingerprint density at radius 1 is 1.19 bits per heavy atom. The summed E-state index contributed by atoms with van der Waals surface area (Å²) < 4.78 is 11.4. The summed E-state index contributed by atoms with van der Waals surface area (Å²) in [5, 5.41) is 4.93. The Labute approximate surface area is 172 Å². The van der Waals surface area contributed by atoms with E-state index in [1.54, 1.807) is 7.11 Å². The van der Waals surface area contributed by atoms with E-state index in [-0.39, 0.29) is 12.0 Å². The molecule has 27 heavy (non-hydrogen) atoms. The third kappa shape index (κ3) is 5.46. The Kier molecular flexibility index (Phi) is 7.98. The fourth-order valence-electron chi connectivity index (χ4n) is 3.79. The Hall–Kier alpha value is -1.10. The monoisotopic (exact) mass is 407 g/mol. The molecule has 2 aromatic carbocycles. The maximum atomic E-state index is 6.66. The quantitative estimate of drug-likeness (QED) is 0.581. The lowest BCUT2D eigenvalue weighted by Gasteiger charge is -2.33. The number of hydrogen-bond acceptors (Lipinski definition) is 3. The van der Waals surface area contributed by atoms with E-state index in [2.05, 4.69) is 17.4 Å². The van der Waals surface area contributed by atoms with Crippen LogP contribution in [0.5, 0.6) is 0 Å². The Balaban J connectivity index is 1.96. The molecule has 1 aliphatic heterocycles. The number of benzene rings is 2. The Morgan fingerprint density at radius 2 is 2.04 bits per heavy atom. The van der Waals surface area contributed by atoms with E-state index in [1.807, 2.05) is 30.3 Å². The van der Waals surface area contributed by atoms with Crippen LogP contribution in [0.25, 0.3) is 11.1 Å². The molecule has 1 N–H and O–H groups in total. The molecule has 1 unspecified atom stereocenters. The fraction of sp³-hybridized carbons (Fsp3) is 0.455. The average molecular weight is 408 g/mol. The number of halogens is 2. The molecular formula is C22H27Cl2NO2. The highest BCUT2D eigenvalue weighted by molar-refractivity contribution is 6.34. The third-order valence-electron chi connectivity index (χ3n) is 5.08. The van der Waals surface area contributed by atoms with E-state index in [1.165, 1.54) is 5.56 Å². The van der Waals surface area contributed by atoms with E-state index in [4.69, 9.17) is 32.7 Å². The van der Waals surface area contributed by atoms with Gasteiger partial charge in [-0.25, -0.2) is 0 Å². The minimum Gasteiger partial charge on any atom is -0.385 e. The Morgan fingerprint density at radius 3 is 2.78 bits per heavy atom. The van der Waals surface area contributed by atoms with Gasteiger partial charge in [0.25, 0.3) is 0 Å². The molecule has 1 saturated heterocycles. The lowest BCUT2D eigenvalue weighted by molar-refractivity contribution is 0.00858. The molecule has 1 fully saturated rings. The molecule has 146 valence electrons. The topological polar surface area (TPSA) is 30.5 Å². The molecule has 0 amide bonds. The van der Waals surface area contributed by atoms with Crippen molar-refractivity contribution in [1.82, 2.24) is 5.32 Å². The van der Waals surface area contributed by atoms with Crippen LogP contribution in [0.1, 0.15) is 30.7 Å². The molecule has 1 aliphatic rings. The van der Waals surface area contributed by atoms with Crippen LogP contribution in [0.4, 0.5) is 0 Å². The molecule has 0 bridgehead atoms. The fourth-order valence-corrected chi connectivity index (χ4v) is 4.28. The van der Waals surface area contributed by atoms with Crippen LogP contribution in [0, 0.1) is 0 Å². The van der Waals surface area contributed by atoms with Crippen molar-refractivity contribution in [2.45, 2.75) is 31.3 Å². The largest absolute Gasteiger partial charge is 0.385 e. The van der Waals surface area contributed by atoms with Crippen molar-refractivity contribution in [2.75, 3.05) is 33.4 Å². The molecule has 1 heterocycles. The first-order chi connectivity index (χ1) is 13.2. The van der Waals surface area contributed by atoms with Gasteiger partial charge in [-0.15, -0.1) is 0 Å². The van der Waals surface area contributed by atoms with Gasteiger partial charge >= 0.3 is 0 Å². The summed E-state index contributed by atoms with van der Waals surface area (Å²) in [6, 6.07) is 14.1. The van der Waals surface area contributed by atoms with Gasteiger partial charge in [0, 0.05) is 48.3 Å². The van der Waals surface area contributed by atoms with Gasteiger partial charge in [-0.3, -0.25) is 0 Å². The molecule has 0 aromatic heterocycles. The standard InChI is InChI=1S/C22H27Cl2NO2/c1-26-12-3-2-8-18(21-15-25-11-13-27-21)19-9-5-10-20(24)22(19)16-6-4-7-17(23)14-16/h4-7,9-10,14,18,21,25H,2-3,8,11-13,15H2,1H3/t18?,21-/m0/s1. The molecule has 0 spiro atoms. The van der Waals surface area contributed by atoms with Gasteiger partial charge in [-0.2, -0.15) is 0 Å². The molecular weight excluding hydrogens is 381 g/mol. The van der Waals surface area contributed by atoms with E-state index in [9.17, 15) is 0 Å². The van der Waals surface area contributed by atoms with Crippen LogP contribution in [0.3, 0.4) is 0 Å². The summed E-state index contributed by atoms with van der Waals surface area (Å²) in [4.78, 5) is 0. The first kappa shape index (κ1) is 20.6. The lowest BCUT2D eigenvalue weighted by atomic mass is 9.83. The maximum absolute atomic E-state index is 6.66. The van der Waals surface area contributed by atoms with Gasteiger partial charge in [-0.1, -0.05) is 53.9 Å². The molecule has 3 nitrogen and oxygen atoms in total. The first-order valence-corrected chi connectivity index (χ1v) is 10.3. The van der Waals surface area contributed by atoms with Crippen molar-refractivity contribution in [3.8, 4) is 11.1 Å². The number of nitrogens with one attached hydrogen (secondary N) is 1. The second-order valence-corrected chi connectivity index (χ2v) is 7.77. The highest BCUT2D eigenvalue weighted by Crippen LogP contribution is 2.40. The molecule has 2 aromatic rings. The maximum Gasteiger partial charge on any atom is 0.0768 e. The van der Waals surface area contributed by atoms with Gasteiger partial charge in [-0.05, 0) is 42.2 Å². The molecule has 3 rings (SSSR count). The summed E-state index contributed by atoms with van der Waals surface area (Å²) in [7, 11) is 1.75. The van der Waals surface area contributed by atoms with Crippen molar-refractivity contribution in [2.24, 2.45) is 0 Å². The zero-order chi connectivity index (χ0) is 19.1. The lowest BCUT2D eigenvalue weighted by Crippen LogP contribution is -2.42. The van der Waals surface area contributed by atoms with Crippen LogP contribution < -0.4 is 5.32 Å². The van der Waals surface area contributed by atoms with E-state index in [0.29, 0.717) is 5.02 Å². The molecule has 0 saturated carbocycles. The van der Waals surface area contributed by atoms with Crippen molar-refractivity contribution >= 4 is 23.2 Å². The number of morpholine rings is 1. The highest BCUT2D eigenvalue weighted by Gasteiger charge is 2.28. The first-order valence-electron chi connectivity index (χ1n) is 9.56. The smallest absolute Gasteiger partial charge is 0.0768 e. The number of ether oxygens (including phenoxy) is 2. The zero-order valence-corrected chi connectivity index (χ0v) is 17.2. The Bertz CT molecular complexity index is 732. The van der Waals surface area contributed by atoms with Crippen molar-refractivity contribution < 1.29 is 9.47 Å². The minimum atomic E-state index is 0.137. The molecule has 2 atom stereocenters. The SMILES string of the molecule is COCCCCC(c1cccc(Cl)c1-c1cccc(Cl)c1)[C@@H]1CNCCO1. The second kappa shape index (κ2) is 10.4. The number of unbranched alkanes of at least 4 members (excludes halogenated alkanes) is 1. The summed E-state index contributed by atoms with van der Waals surface area (Å²) in [5.41, 5.74) is 3.34. The average Bonchev–Trinajstić information content (AvgIpc) is 2.68. The predicted molar refractivity (Wildman–Crippen MR) is 113 cm³/mol.